The van der Waals surface area contributed by atoms with Crippen LogP contribution in [0.3, 0.4) is 0 Å². The first-order valence-corrected chi connectivity index (χ1v) is 8.20. The second-order valence-electron chi connectivity index (χ2n) is 6.34. The van der Waals surface area contributed by atoms with Crippen LogP contribution in [-0.2, 0) is 14.3 Å². The van der Waals surface area contributed by atoms with E-state index in [1.54, 1.807) is 0 Å². The fraction of sp³-hybridized carbons (Fsp3) is 0.929. The SMILES string of the molecule is O=C1C2C(O)CCCC2[C@@H]2[C@H]1CC(Br)C21OCCO1. The number of carbonyl (C=O) groups is 1. The maximum Gasteiger partial charge on any atom is 0.184 e. The number of rotatable bonds is 0. The second-order valence-corrected chi connectivity index (χ2v) is 7.45. The normalized spacial score (nSPS) is 51.6. The van der Waals surface area contributed by atoms with Crippen molar-refractivity contribution in [2.24, 2.45) is 23.7 Å². The quantitative estimate of drug-likeness (QED) is 0.684. The molecule has 19 heavy (non-hydrogen) atoms. The Labute approximate surface area is 121 Å². The molecule has 3 aliphatic carbocycles. The third kappa shape index (κ3) is 1.53. The van der Waals surface area contributed by atoms with E-state index < -0.39 is 11.9 Å². The molecule has 106 valence electrons. The summed E-state index contributed by atoms with van der Waals surface area (Å²) in [5.74, 6) is -0.161. The zero-order chi connectivity index (χ0) is 13.2. The minimum Gasteiger partial charge on any atom is -0.392 e. The first kappa shape index (κ1) is 12.7. The number of carbonyl (C=O) groups excluding carboxylic acids is 1. The zero-order valence-electron chi connectivity index (χ0n) is 10.8. The van der Waals surface area contributed by atoms with Crippen LogP contribution in [0.1, 0.15) is 25.7 Å². The van der Waals surface area contributed by atoms with Gasteiger partial charge in [-0.15, -0.1) is 0 Å². The van der Waals surface area contributed by atoms with Crippen molar-refractivity contribution in [3.8, 4) is 0 Å². The highest BCUT2D eigenvalue weighted by Gasteiger charge is 2.68. The van der Waals surface area contributed by atoms with Gasteiger partial charge in [0.2, 0.25) is 0 Å². The fourth-order valence-electron chi connectivity index (χ4n) is 4.99. The van der Waals surface area contributed by atoms with Crippen LogP contribution in [0.25, 0.3) is 0 Å². The van der Waals surface area contributed by atoms with Gasteiger partial charge in [0.1, 0.15) is 5.78 Å². The number of hydrogen-bond donors (Lipinski definition) is 1. The summed E-state index contributed by atoms with van der Waals surface area (Å²) in [6, 6.07) is 0. The van der Waals surface area contributed by atoms with Crippen molar-refractivity contribution in [1.29, 1.82) is 0 Å². The molecule has 0 aromatic carbocycles. The highest BCUT2D eigenvalue weighted by molar-refractivity contribution is 9.09. The van der Waals surface area contributed by atoms with Crippen LogP contribution < -0.4 is 0 Å². The first-order chi connectivity index (χ1) is 9.15. The van der Waals surface area contributed by atoms with E-state index in [1.165, 1.54) is 0 Å². The Bertz CT molecular complexity index is 406. The van der Waals surface area contributed by atoms with Crippen molar-refractivity contribution in [3.05, 3.63) is 0 Å². The number of ether oxygens (including phenoxy) is 2. The van der Waals surface area contributed by atoms with Crippen LogP contribution in [-0.4, -0.2) is 40.8 Å². The molecule has 3 saturated carbocycles. The maximum absolute atomic E-state index is 12.6. The molecule has 5 heteroatoms. The van der Waals surface area contributed by atoms with Crippen LogP contribution in [0, 0.1) is 23.7 Å². The minimum absolute atomic E-state index is 0.00484. The van der Waals surface area contributed by atoms with Gasteiger partial charge in [-0.1, -0.05) is 22.4 Å². The number of alkyl halides is 1. The molecule has 4 unspecified atom stereocenters. The lowest BCUT2D eigenvalue weighted by atomic mass is 9.74. The molecule has 1 heterocycles. The molecule has 1 saturated heterocycles. The van der Waals surface area contributed by atoms with E-state index in [2.05, 4.69) is 15.9 Å². The Kier molecular flexibility index (Phi) is 2.86. The van der Waals surface area contributed by atoms with Gasteiger partial charge in [0, 0.05) is 17.8 Å². The Morgan fingerprint density at radius 2 is 2.00 bits per heavy atom. The molecular formula is C14H19BrO4. The average Bonchev–Trinajstić information content (AvgIpc) is 3.03. The van der Waals surface area contributed by atoms with Gasteiger partial charge >= 0.3 is 0 Å². The summed E-state index contributed by atoms with van der Waals surface area (Å²) in [6.07, 6.45) is 3.11. The smallest absolute Gasteiger partial charge is 0.184 e. The monoisotopic (exact) mass is 330 g/mol. The van der Waals surface area contributed by atoms with Gasteiger partial charge in [-0.3, -0.25) is 4.79 Å². The summed E-state index contributed by atoms with van der Waals surface area (Å²) >= 11 is 3.67. The lowest BCUT2D eigenvalue weighted by Gasteiger charge is -2.39. The summed E-state index contributed by atoms with van der Waals surface area (Å²) in [6.45, 7) is 1.22. The third-order valence-corrected chi connectivity index (χ3v) is 6.61. The van der Waals surface area contributed by atoms with Gasteiger partial charge in [-0.2, -0.15) is 0 Å². The lowest BCUT2D eigenvalue weighted by Crippen LogP contribution is -2.47. The van der Waals surface area contributed by atoms with Gasteiger partial charge in [0.15, 0.2) is 5.79 Å². The molecule has 1 spiro atoms. The summed E-state index contributed by atoms with van der Waals surface area (Å²) in [5, 5.41) is 10.2. The molecule has 0 amide bonds. The van der Waals surface area contributed by atoms with E-state index in [-0.39, 0.29) is 34.3 Å². The van der Waals surface area contributed by atoms with Crippen LogP contribution in [0.5, 0.6) is 0 Å². The highest BCUT2D eigenvalue weighted by Crippen LogP contribution is 2.61. The van der Waals surface area contributed by atoms with E-state index in [1.807, 2.05) is 0 Å². The lowest BCUT2D eigenvalue weighted by molar-refractivity contribution is -0.193. The third-order valence-electron chi connectivity index (χ3n) is 5.60. The average molecular weight is 331 g/mol. The maximum atomic E-state index is 12.6. The number of hydrogen-bond acceptors (Lipinski definition) is 4. The predicted octanol–water partition coefficient (Wildman–Crippen LogP) is 1.49. The van der Waals surface area contributed by atoms with Crippen molar-refractivity contribution >= 4 is 21.7 Å². The molecule has 0 bridgehead atoms. The Hall–Kier alpha value is 0.0300. The first-order valence-electron chi connectivity index (χ1n) is 7.29. The highest BCUT2D eigenvalue weighted by atomic mass is 79.9. The molecule has 4 nitrogen and oxygen atoms in total. The number of Topliss-reactive ketones (excluding diaryl/α,β-unsaturated/α-hetero) is 1. The zero-order valence-corrected chi connectivity index (χ0v) is 12.3. The fourth-order valence-corrected chi connectivity index (χ4v) is 5.96. The van der Waals surface area contributed by atoms with E-state index in [4.69, 9.17) is 9.47 Å². The van der Waals surface area contributed by atoms with Crippen molar-refractivity contribution in [2.75, 3.05) is 13.2 Å². The summed E-state index contributed by atoms with van der Waals surface area (Å²) in [7, 11) is 0. The Balaban J connectivity index is 1.74. The van der Waals surface area contributed by atoms with Crippen LogP contribution in [0.2, 0.25) is 0 Å². The van der Waals surface area contributed by atoms with Gasteiger partial charge in [0.25, 0.3) is 0 Å². The van der Waals surface area contributed by atoms with E-state index in [9.17, 15) is 9.90 Å². The molecular weight excluding hydrogens is 312 g/mol. The van der Waals surface area contributed by atoms with E-state index in [0.29, 0.717) is 13.2 Å². The number of ketones is 1. The summed E-state index contributed by atoms with van der Waals surface area (Å²) < 4.78 is 11.9. The van der Waals surface area contributed by atoms with Crippen molar-refractivity contribution in [3.63, 3.8) is 0 Å². The summed E-state index contributed by atoms with van der Waals surface area (Å²) in [5.41, 5.74) is 0. The Morgan fingerprint density at radius 3 is 2.74 bits per heavy atom. The van der Waals surface area contributed by atoms with Crippen LogP contribution >= 0.6 is 15.9 Å². The largest absolute Gasteiger partial charge is 0.392 e. The van der Waals surface area contributed by atoms with Gasteiger partial charge in [-0.25, -0.2) is 0 Å². The molecule has 1 N–H and O–H groups in total. The predicted molar refractivity (Wildman–Crippen MR) is 70.8 cm³/mol. The molecule has 0 aromatic heterocycles. The standard InChI is InChI=1S/C14H19BrO4/c15-10-6-8-12(14(10)18-4-5-19-14)7-2-1-3-9(16)11(7)13(8)17/h7-12,16H,1-6H2/t7?,8-,9?,10?,11?,12-/m1/s1. The van der Waals surface area contributed by atoms with Gasteiger partial charge < -0.3 is 14.6 Å². The molecule has 4 fully saturated rings. The van der Waals surface area contributed by atoms with Crippen LogP contribution in [0.15, 0.2) is 0 Å². The molecule has 0 aromatic rings. The topological polar surface area (TPSA) is 55.8 Å². The van der Waals surface area contributed by atoms with Gasteiger partial charge in [0.05, 0.1) is 24.1 Å². The van der Waals surface area contributed by atoms with E-state index >= 15 is 0 Å². The summed E-state index contributed by atoms with van der Waals surface area (Å²) in [4.78, 5) is 12.7. The van der Waals surface area contributed by atoms with Crippen molar-refractivity contribution in [2.45, 2.75) is 42.4 Å². The number of halogens is 1. The Morgan fingerprint density at radius 1 is 1.26 bits per heavy atom. The molecule has 4 rings (SSSR count). The molecule has 4 aliphatic rings. The molecule has 6 atom stereocenters. The molecule has 1 aliphatic heterocycles. The number of aliphatic hydroxyl groups is 1. The van der Waals surface area contributed by atoms with Crippen molar-refractivity contribution < 1.29 is 19.4 Å². The van der Waals surface area contributed by atoms with Crippen molar-refractivity contribution in [1.82, 2.24) is 0 Å². The minimum atomic E-state index is -0.614. The van der Waals surface area contributed by atoms with Crippen LogP contribution in [0.4, 0.5) is 0 Å². The number of fused-ring (bicyclic) bond motifs is 4. The molecule has 0 radical (unpaired) electrons. The second kappa shape index (κ2) is 4.26. The van der Waals surface area contributed by atoms with E-state index in [0.717, 1.165) is 25.7 Å². The van der Waals surface area contributed by atoms with Gasteiger partial charge in [-0.05, 0) is 25.2 Å². The number of aliphatic hydroxyl groups excluding tert-OH is 1.